The molecule has 0 spiro atoms. The summed E-state index contributed by atoms with van der Waals surface area (Å²) in [5.74, 6) is 1.10. The largest absolute Gasteiger partial charge is 0.384 e. The van der Waals surface area contributed by atoms with Crippen LogP contribution in [0.25, 0.3) is 6.08 Å². The summed E-state index contributed by atoms with van der Waals surface area (Å²) >= 11 is 6.24. The fraction of sp³-hybridized carbons (Fsp3) is 0.381. The molecule has 0 aliphatic heterocycles. The van der Waals surface area contributed by atoms with Crippen LogP contribution in [0.2, 0.25) is 0 Å². The van der Waals surface area contributed by atoms with E-state index in [0.29, 0.717) is 11.8 Å². The quantitative estimate of drug-likeness (QED) is 0.396. The number of amidine groups is 1. The van der Waals surface area contributed by atoms with Crippen LogP contribution in [0.5, 0.6) is 0 Å². The predicted octanol–water partition coefficient (Wildman–Crippen LogP) is 5.80. The van der Waals surface area contributed by atoms with E-state index in [1.54, 1.807) is 0 Å². The lowest BCUT2D eigenvalue weighted by atomic mass is 9.96. The maximum atomic E-state index is 6.24. The van der Waals surface area contributed by atoms with Crippen LogP contribution >= 0.6 is 11.6 Å². The highest BCUT2D eigenvalue weighted by atomic mass is 35.5. The zero-order valence-corrected chi connectivity index (χ0v) is 15.6. The lowest BCUT2D eigenvalue weighted by Gasteiger charge is -2.18. The van der Waals surface area contributed by atoms with Crippen molar-refractivity contribution in [1.82, 2.24) is 0 Å². The Kier molecular flexibility index (Phi) is 6.44. The van der Waals surface area contributed by atoms with E-state index in [1.807, 2.05) is 37.3 Å². The van der Waals surface area contributed by atoms with E-state index in [1.165, 1.54) is 18.4 Å². The molecule has 0 radical (unpaired) electrons. The maximum absolute atomic E-state index is 6.24. The molecular weight excluding hydrogens is 316 g/mol. The summed E-state index contributed by atoms with van der Waals surface area (Å²) < 4.78 is 0. The zero-order valence-electron chi connectivity index (χ0n) is 14.8. The summed E-state index contributed by atoms with van der Waals surface area (Å²) in [5.41, 5.74) is 9.37. The first-order chi connectivity index (χ1) is 11.4. The third-order valence-electron chi connectivity index (χ3n) is 4.24. The van der Waals surface area contributed by atoms with Crippen molar-refractivity contribution in [3.05, 3.63) is 65.4 Å². The third-order valence-corrected chi connectivity index (χ3v) is 4.52. The van der Waals surface area contributed by atoms with Crippen molar-refractivity contribution in [3.8, 4) is 0 Å². The fourth-order valence-electron chi connectivity index (χ4n) is 2.69. The number of hydrogen-bond donors (Lipinski definition) is 1. The van der Waals surface area contributed by atoms with Crippen molar-refractivity contribution in [2.75, 3.05) is 0 Å². The van der Waals surface area contributed by atoms with Crippen molar-refractivity contribution >= 4 is 23.5 Å². The van der Waals surface area contributed by atoms with Gasteiger partial charge in [0.05, 0.1) is 10.6 Å². The van der Waals surface area contributed by atoms with Crippen LogP contribution in [0.3, 0.4) is 0 Å². The van der Waals surface area contributed by atoms with E-state index in [0.717, 1.165) is 17.7 Å². The molecule has 24 heavy (non-hydrogen) atoms. The molecule has 1 aliphatic rings. The van der Waals surface area contributed by atoms with Gasteiger partial charge in [0, 0.05) is 0 Å². The number of rotatable bonds is 6. The minimum Gasteiger partial charge on any atom is -0.384 e. The van der Waals surface area contributed by atoms with Crippen LogP contribution in [0.1, 0.15) is 57.1 Å². The lowest BCUT2D eigenvalue weighted by Crippen LogP contribution is -2.14. The second-order valence-electron chi connectivity index (χ2n) is 6.67. The summed E-state index contributed by atoms with van der Waals surface area (Å²) in [6, 6.07) is 8.65. The molecule has 0 saturated heterocycles. The van der Waals surface area contributed by atoms with Gasteiger partial charge in [-0.15, -0.1) is 11.6 Å². The van der Waals surface area contributed by atoms with Crippen molar-refractivity contribution in [1.29, 1.82) is 0 Å². The molecule has 0 aromatic heterocycles. The SMILES string of the molecule is CCCC(C)c1ccc(/C=C/C(N)=NC2=CCC(C)(Cl)C=C2)cc1. The topological polar surface area (TPSA) is 38.4 Å². The van der Waals surface area contributed by atoms with Gasteiger partial charge in [-0.25, -0.2) is 4.99 Å². The number of benzene rings is 1. The fourth-order valence-corrected chi connectivity index (χ4v) is 2.83. The molecule has 2 atom stereocenters. The highest BCUT2D eigenvalue weighted by Crippen LogP contribution is 2.27. The molecule has 1 aromatic carbocycles. The van der Waals surface area contributed by atoms with Crippen LogP contribution in [0, 0.1) is 0 Å². The van der Waals surface area contributed by atoms with Crippen LogP contribution in [-0.2, 0) is 0 Å². The van der Waals surface area contributed by atoms with Gasteiger partial charge in [0.1, 0.15) is 5.84 Å². The van der Waals surface area contributed by atoms with Gasteiger partial charge >= 0.3 is 0 Å². The van der Waals surface area contributed by atoms with Gasteiger partial charge in [-0.3, -0.25) is 0 Å². The van der Waals surface area contributed by atoms with Gasteiger partial charge < -0.3 is 5.73 Å². The van der Waals surface area contributed by atoms with Crippen LogP contribution in [-0.4, -0.2) is 10.7 Å². The summed E-state index contributed by atoms with van der Waals surface area (Å²) in [4.78, 5) is 4.10. The third kappa shape index (κ3) is 5.68. The van der Waals surface area contributed by atoms with Crippen molar-refractivity contribution in [3.63, 3.8) is 0 Å². The van der Waals surface area contributed by atoms with Crippen LogP contribution in [0.15, 0.2) is 59.3 Å². The van der Waals surface area contributed by atoms with E-state index in [2.05, 4.69) is 43.1 Å². The van der Waals surface area contributed by atoms with Gasteiger partial charge in [-0.1, -0.05) is 62.8 Å². The number of allylic oxidation sites excluding steroid dienone is 3. The monoisotopic (exact) mass is 342 g/mol. The average molecular weight is 343 g/mol. The molecule has 2 unspecified atom stereocenters. The highest BCUT2D eigenvalue weighted by molar-refractivity contribution is 6.25. The average Bonchev–Trinajstić information content (AvgIpc) is 2.56. The molecule has 2 N–H and O–H groups in total. The van der Waals surface area contributed by atoms with Crippen LogP contribution < -0.4 is 5.73 Å². The van der Waals surface area contributed by atoms with Crippen LogP contribution in [0.4, 0.5) is 0 Å². The first-order valence-electron chi connectivity index (χ1n) is 8.60. The molecule has 0 amide bonds. The molecule has 128 valence electrons. The summed E-state index contributed by atoms with van der Waals surface area (Å²) in [6.45, 7) is 6.48. The Morgan fingerprint density at radius 2 is 2.08 bits per heavy atom. The number of nitrogens with zero attached hydrogens (tertiary/aromatic N) is 1. The maximum Gasteiger partial charge on any atom is 0.124 e. The minimum absolute atomic E-state index is 0.305. The Hall–Kier alpha value is -1.80. The highest BCUT2D eigenvalue weighted by Gasteiger charge is 2.18. The Morgan fingerprint density at radius 3 is 2.67 bits per heavy atom. The van der Waals surface area contributed by atoms with Gasteiger partial charge in [0.25, 0.3) is 0 Å². The molecule has 3 heteroatoms. The summed E-state index contributed by atoms with van der Waals surface area (Å²) in [7, 11) is 0. The number of alkyl halides is 1. The standard InChI is InChI=1S/C21H27ClN2/c1-4-5-16(2)18-9-6-17(7-10-18)8-11-20(23)24-19-12-14-21(3,22)15-13-19/h6-14,16H,4-5,15H2,1-3H3,(H2,23,24)/b11-8+. The van der Waals surface area contributed by atoms with Gasteiger partial charge in [0.2, 0.25) is 0 Å². The van der Waals surface area contributed by atoms with E-state index >= 15 is 0 Å². The smallest absolute Gasteiger partial charge is 0.124 e. The molecule has 0 bridgehead atoms. The second-order valence-corrected chi connectivity index (χ2v) is 7.53. The normalized spacial score (nSPS) is 22.7. The van der Waals surface area contributed by atoms with Gasteiger partial charge in [0.15, 0.2) is 0 Å². The molecule has 0 heterocycles. The number of hydrogen-bond acceptors (Lipinski definition) is 1. The molecule has 2 nitrogen and oxygen atoms in total. The molecule has 2 rings (SSSR count). The number of nitrogens with two attached hydrogens (primary N) is 1. The zero-order chi connectivity index (χ0) is 17.6. The van der Waals surface area contributed by atoms with E-state index in [-0.39, 0.29) is 4.87 Å². The van der Waals surface area contributed by atoms with E-state index in [9.17, 15) is 0 Å². The molecule has 0 fully saturated rings. The number of aliphatic imine (C=N–C) groups is 1. The Morgan fingerprint density at radius 1 is 1.38 bits per heavy atom. The van der Waals surface area contributed by atoms with Gasteiger partial charge in [-0.05, 0) is 49.0 Å². The van der Waals surface area contributed by atoms with E-state index < -0.39 is 0 Å². The van der Waals surface area contributed by atoms with Gasteiger partial charge in [-0.2, -0.15) is 0 Å². The molecule has 1 aromatic rings. The van der Waals surface area contributed by atoms with Crippen molar-refractivity contribution < 1.29 is 0 Å². The first-order valence-corrected chi connectivity index (χ1v) is 8.98. The summed E-state index contributed by atoms with van der Waals surface area (Å²) in [5, 5.41) is 0. The minimum atomic E-state index is -0.305. The van der Waals surface area contributed by atoms with Crippen molar-refractivity contribution in [2.45, 2.75) is 50.8 Å². The lowest BCUT2D eigenvalue weighted by molar-refractivity contribution is 0.665. The Labute approximate surface area is 150 Å². The predicted molar refractivity (Wildman–Crippen MR) is 107 cm³/mol. The first kappa shape index (κ1) is 18.5. The second kappa shape index (κ2) is 8.34. The molecule has 0 saturated carbocycles. The van der Waals surface area contributed by atoms with Crippen molar-refractivity contribution in [2.24, 2.45) is 10.7 Å². The number of halogens is 1. The Balaban J connectivity index is 1.99. The Bertz CT molecular complexity index is 664. The molecular formula is C21H27ClN2. The van der Waals surface area contributed by atoms with E-state index in [4.69, 9.17) is 17.3 Å². The summed E-state index contributed by atoms with van der Waals surface area (Å²) in [6.07, 6.45) is 12.9. The molecule has 1 aliphatic carbocycles.